The number of nitrogens with one attached hydrogen (secondary N) is 1. The predicted octanol–water partition coefficient (Wildman–Crippen LogP) is 1.65. The molecule has 0 bridgehead atoms. The third kappa shape index (κ3) is 2.56. The number of rotatable bonds is 4. The molecule has 73 valence electrons. The highest BCUT2D eigenvalue weighted by Crippen LogP contribution is 2.27. The molecule has 1 heterocycles. The molecular formula is C10H16ClN2. The van der Waals surface area contributed by atoms with Crippen LogP contribution in [0.3, 0.4) is 0 Å². The van der Waals surface area contributed by atoms with E-state index in [0.717, 1.165) is 19.5 Å². The summed E-state index contributed by atoms with van der Waals surface area (Å²) in [7, 11) is 0. The maximum atomic E-state index is 6.37. The number of alkyl halides is 1. The molecule has 1 fully saturated rings. The Morgan fingerprint density at radius 3 is 2.92 bits per heavy atom. The molecule has 0 spiro atoms. The van der Waals surface area contributed by atoms with Gasteiger partial charge >= 0.3 is 0 Å². The molecule has 1 rings (SSSR count). The Labute approximate surface area is 85.0 Å². The first-order valence-corrected chi connectivity index (χ1v) is 4.93. The van der Waals surface area contributed by atoms with E-state index in [1.807, 2.05) is 12.2 Å². The molecule has 0 aromatic heterocycles. The predicted molar refractivity (Wildman–Crippen MR) is 57.0 cm³/mol. The first-order valence-electron chi connectivity index (χ1n) is 4.55. The van der Waals surface area contributed by atoms with Crippen molar-refractivity contribution in [3.8, 4) is 0 Å². The summed E-state index contributed by atoms with van der Waals surface area (Å²) in [5, 5.41) is 7.79. The van der Waals surface area contributed by atoms with Crippen molar-refractivity contribution >= 4 is 11.6 Å². The summed E-state index contributed by atoms with van der Waals surface area (Å²) in [5.74, 6) is 0. The van der Waals surface area contributed by atoms with Crippen LogP contribution in [0, 0.1) is 0 Å². The summed E-state index contributed by atoms with van der Waals surface area (Å²) in [4.78, 5) is -0.506. The van der Waals surface area contributed by atoms with E-state index in [2.05, 4.69) is 23.8 Å². The smallest absolute Gasteiger partial charge is 0.128 e. The Bertz CT molecular complexity index is 193. The van der Waals surface area contributed by atoms with Crippen LogP contribution in [0.2, 0.25) is 0 Å². The largest absolute Gasteiger partial charge is 0.309 e. The van der Waals surface area contributed by atoms with Crippen LogP contribution in [0.1, 0.15) is 12.8 Å². The molecule has 1 aliphatic heterocycles. The zero-order chi connectivity index (χ0) is 9.73. The highest BCUT2D eigenvalue weighted by molar-refractivity contribution is 6.24. The van der Waals surface area contributed by atoms with Gasteiger partial charge in [0.05, 0.1) is 0 Å². The quantitative estimate of drug-likeness (QED) is 0.416. The minimum Gasteiger partial charge on any atom is -0.309 e. The topological polar surface area (TPSA) is 26.1 Å². The van der Waals surface area contributed by atoms with E-state index in [1.54, 1.807) is 0 Å². The standard InChI is InChI=1S/C10H16ClN2/c1-3-5-9-10(11,6-4-2)13-8-7-12-9/h3-4,9,12H,1-2,5-8H2. The monoisotopic (exact) mass is 199 g/mol. The van der Waals surface area contributed by atoms with Crippen LogP contribution < -0.4 is 10.6 Å². The van der Waals surface area contributed by atoms with Crippen molar-refractivity contribution in [3.63, 3.8) is 0 Å². The van der Waals surface area contributed by atoms with E-state index in [1.165, 1.54) is 0 Å². The van der Waals surface area contributed by atoms with E-state index >= 15 is 0 Å². The van der Waals surface area contributed by atoms with E-state index in [-0.39, 0.29) is 6.04 Å². The van der Waals surface area contributed by atoms with Crippen molar-refractivity contribution in [1.29, 1.82) is 0 Å². The Kier molecular flexibility index (Phi) is 3.97. The molecule has 1 radical (unpaired) electrons. The first kappa shape index (κ1) is 10.8. The van der Waals surface area contributed by atoms with Crippen LogP contribution in [0.4, 0.5) is 0 Å². The molecule has 3 heteroatoms. The molecule has 2 atom stereocenters. The van der Waals surface area contributed by atoms with E-state index in [0.29, 0.717) is 6.42 Å². The van der Waals surface area contributed by atoms with Gasteiger partial charge in [-0.3, -0.25) is 0 Å². The second-order valence-electron chi connectivity index (χ2n) is 3.22. The highest BCUT2D eigenvalue weighted by Gasteiger charge is 2.37. The Morgan fingerprint density at radius 1 is 1.54 bits per heavy atom. The molecule has 0 saturated carbocycles. The van der Waals surface area contributed by atoms with Crippen molar-refractivity contribution < 1.29 is 0 Å². The summed E-state index contributed by atoms with van der Waals surface area (Å²) in [5.41, 5.74) is 0. The second-order valence-corrected chi connectivity index (χ2v) is 3.88. The van der Waals surface area contributed by atoms with Crippen LogP contribution in [0.25, 0.3) is 0 Å². The molecule has 0 aliphatic carbocycles. The zero-order valence-electron chi connectivity index (χ0n) is 7.80. The second kappa shape index (κ2) is 4.80. The molecular weight excluding hydrogens is 184 g/mol. The fourth-order valence-corrected chi connectivity index (χ4v) is 1.95. The Morgan fingerprint density at radius 2 is 2.31 bits per heavy atom. The van der Waals surface area contributed by atoms with Gasteiger partial charge in [0.25, 0.3) is 0 Å². The van der Waals surface area contributed by atoms with Crippen molar-refractivity contribution in [1.82, 2.24) is 10.6 Å². The zero-order valence-corrected chi connectivity index (χ0v) is 8.56. The molecule has 1 saturated heterocycles. The molecule has 13 heavy (non-hydrogen) atoms. The average Bonchev–Trinajstić information content (AvgIpc) is 2.10. The lowest BCUT2D eigenvalue weighted by Gasteiger charge is -2.38. The first-order chi connectivity index (χ1) is 6.23. The normalized spacial score (nSPS) is 34.1. The highest BCUT2D eigenvalue weighted by atomic mass is 35.5. The lowest BCUT2D eigenvalue weighted by molar-refractivity contribution is 0.278. The molecule has 0 aromatic carbocycles. The summed E-state index contributed by atoms with van der Waals surface area (Å²) in [6.45, 7) is 9.10. The van der Waals surface area contributed by atoms with E-state index in [4.69, 9.17) is 11.6 Å². The van der Waals surface area contributed by atoms with Crippen molar-refractivity contribution in [2.24, 2.45) is 0 Å². The van der Waals surface area contributed by atoms with Gasteiger partial charge in [-0.15, -0.1) is 13.2 Å². The maximum absolute atomic E-state index is 6.37. The minimum absolute atomic E-state index is 0.193. The molecule has 1 aliphatic rings. The molecule has 1 N–H and O–H groups in total. The molecule has 0 amide bonds. The van der Waals surface area contributed by atoms with Gasteiger partial charge in [-0.2, -0.15) is 0 Å². The maximum Gasteiger partial charge on any atom is 0.128 e. The Hall–Kier alpha value is -0.310. The fourth-order valence-electron chi connectivity index (χ4n) is 1.59. The number of hydrogen-bond acceptors (Lipinski definition) is 1. The lowest BCUT2D eigenvalue weighted by Crippen LogP contribution is -2.58. The van der Waals surface area contributed by atoms with Gasteiger partial charge in [-0.25, -0.2) is 5.32 Å². The van der Waals surface area contributed by atoms with Gasteiger partial charge < -0.3 is 5.32 Å². The number of piperazine rings is 1. The number of nitrogens with zero attached hydrogens (tertiary/aromatic N) is 1. The average molecular weight is 200 g/mol. The lowest BCUT2D eigenvalue weighted by atomic mass is 9.98. The van der Waals surface area contributed by atoms with Gasteiger partial charge in [0.2, 0.25) is 0 Å². The molecule has 2 nitrogen and oxygen atoms in total. The summed E-state index contributed by atoms with van der Waals surface area (Å²) < 4.78 is 0. The van der Waals surface area contributed by atoms with Gasteiger partial charge in [0.1, 0.15) is 5.00 Å². The van der Waals surface area contributed by atoms with E-state index in [9.17, 15) is 0 Å². The van der Waals surface area contributed by atoms with Crippen LogP contribution in [0.5, 0.6) is 0 Å². The molecule has 0 aromatic rings. The van der Waals surface area contributed by atoms with Crippen molar-refractivity contribution in [3.05, 3.63) is 25.3 Å². The summed E-state index contributed by atoms with van der Waals surface area (Å²) in [6.07, 6.45) is 5.25. The number of hydrogen-bond donors (Lipinski definition) is 1. The van der Waals surface area contributed by atoms with E-state index < -0.39 is 5.00 Å². The third-order valence-electron chi connectivity index (χ3n) is 2.24. The van der Waals surface area contributed by atoms with Gasteiger partial charge in [0, 0.05) is 25.6 Å². The van der Waals surface area contributed by atoms with Crippen LogP contribution in [-0.4, -0.2) is 24.1 Å². The molecule has 2 unspecified atom stereocenters. The van der Waals surface area contributed by atoms with Crippen molar-refractivity contribution in [2.75, 3.05) is 13.1 Å². The van der Waals surface area contributed by atoms with Crippen molar-refractivity contribution in [2.45, 2.75) is 23.9 Å². The van der Waals surface area contributed by atoms with Gasteiger partial charge in [-0.05, 0) is 6.42 Å². The van der Waals surface area contributed by atoms with Crippen LogP contribution >= 0.6 is 11.6 Å². The van der Waals surface area contributed by atoms with Gasteiger partial charge in [-0.1, -0.05) is 23.8 Å². The fraction of sp³-hybridized carbons (Fsp3) is 0.600. The third-order valence-corrected chi connectivity index (χ3v) is 2.78. The summed E-state index contributed by atoms with van der Waals surface area (Å²) >= 11 is 6.37. The van der Waals surface area contributed by atoms with Crippen LogP contribution in [0.15, 0.2) is 25.3 Å². The van der Waals surface area contributed by atoms with Gasteiger partial charge in [0.15, 0.2) is 0 Å². The Balaban J connectivity index is 2.63. The number of halogens is 1. The van der Waals surface area contributed by atoms with Crippen LogP contribution in [-0.2, 0) is 0 Å². The summed E-state index contributed by atoms with van der Waals surface area (Å²) in [6, 6.07) is 0.193. The SMILES string of the molecule is C=CCC1NCC[N]C1(Cl)CC=C. The minimum atomic E-state index is -0.506.